The van der Waals surface area contributed by atoms with E-state index in [-0.39, 0.29) is 45.6 Å². The lowest BCUT2D eigenvalue weighted by Crippen LogP contribution is -2.29. The van der Waals surface area contributed by atoms with Gasteiger partial charge in [0, 0.05) is 11.1 Å². The van der Waals surface area contributed by atoms with Crippen LogP contribution in [0.15, 0.2) is 73.3 Å². The third kappa shape index (κ3) is 5.23. The molecule has 0 unspecified atom stereocenters. The standard InChI is InChI=1S/C29H25FN2O6S/c1-5-13-37-21-12-11-18(15-16(21)3)24(33)22-23(19-9-7-8-10-20(19)30)32(27(35)25(22)34)29-31-17(4)26(39-29)28(36)38-14-6-2/h5-12,15,23,33H,1-2,13-14H2,3-4H3/t23-/m1/s1. The van der Waals surface area contributed by atoms with Crippen LogP contribution in [0.2, 0.25) is 0 Å². The molecule has 200 valence electrons. The number of rotatable bonds is 9. The zero-order valence-electron chi connectivity index (χ0n) is 21.3. The Kier molecular flexibility index (Phi) is 8.06. The molecule has 8 nitrogen and oxygen atoms in total. The molecular weight excluding hydrogens is 523 g/mol. The third-order valence-corrected chi connectivity index (χ3v) is 7.10. The molecule has 4 rings (SSSR count). The second-order valence-corrected chi connectivity index (χ2v) is 9.55. The number of hydrogen-bond acceptors (Lipinski definition) is 8. The number of amides is 1. The molecule has 0 bridgehead atoms. The van der Waals surface area contributed by atoms with Crippen molar-refractivity contribution in [1.29, 1.82) is 0 Å². The number of aliphatic hydroxyl groups is 1. The molecule has 0 spiro atoms. The van der Waals surface area contributed by atoms with Gasteiger partial charge in [0.2, 0.25) is 0 Å². The van der Waals surface area contributed by atoms with Gasteiger partial charge >= 0.3 is 11.9 Å². The second-order valence-electron chi connectivity index (χ2n) is 8.57. The molecule has 1 atom stereocenters. The number of esters is 1. The number of carbonyl (C=O) groups excluding carboxylic acids is 3. The van der Waals surface area contributed by atoms with E-state index in [2.05, 4.69) is 18.1 Å². The fraction of sp³-hybridized carbons (Fsp3) is 0.172. The van der Waals surface area contributed by atoms with Gasteiger partial charge in [-0.1, -0.05) is 54.8 Å². The van der Waals surface area contributed by atoms with E-state index in [0.717, 1.165) is 16.2 Å². The first-order valence-corrected chi connectivity index (χ1v) is 12.7. The number of nitrogens with zero attached hydrogens (tertiary/aromatic N) is 2. The molecule has 10 heteroatoms. The number of aliphatic hydroxyl groups excluding tert-OH is 1. The molecule has 0 saturated carbocycles. The highest BCUT2D eigenvalue weighted by molar-refractivity contribution is 7.17. The van der Waals surface area contributed by atoms with Crippen molar-refractivity contribution in [2.75, 3.05) is 18.1 Å². The van der Waals surface area contributed by atoms with Crippen LogP contribution in [0.5, 0.6) is 5.75 Å². The first kappa shape index (κ1) is 27.5. The summed E-state index contributed by atoms with van der Waals surface area (Å²) < 4.78 is 25.8. The molecule has 1 fully saturated rings. The van der Waals surface area contributed by atoms with E-state index in [1.54, 1.807) is 38.1 Å². The van der Waals surface area contributed by atoms with Crippen molar-refractivity contribution in [2.45, 2.75) is 19.9 Å². The first-order valence-electron chi connectivity index (χ1n) is 11.8. The molecule has 39 heavy (non-hydrogen) atoms. The maximum atomic E-state index is 15.1. The van der Waals surface area contributed by atoms with E-state index >= 15 is 4.39 Å². The Morgan fingerprint density at radius 3 is 2.54 bits per heavy atom. The monoisotopic (exact) mass is 548 g/mol. The van der Waals surface area contributed by atoms with E-state index in [4.69, 9.17) is 9.47 Å². The van der Waals surface area contributed by atoms with E-state index in [1.807, 2.05) is 0 Å². The van der Waals surface area contributed by atoms with Gasteiger partial charge in [0.25, 0.3) is 5.78 Å². The molecule has 1 amide bonds. The summed E-state index contributed by atoms with van der Waals surface area (Å²) in [4.78, 5) is 44.7. The largest absolute Gasteiger partial charge is 0.507 e. The lowest BCUT2D eigenvalue weighted by molar-refractivity contribution is -0.132. The van der Waals surface area contributed by atoms with Crippen molar-refractivity contribution in [3.05, 3.63) is 106 Å². The van der Waals surface area contributed by atoms with Gasteiger partial charge < -0.3 is 14.6 Å². The number of hydrogen-bond donors (Lipinski definition) is 1. The maximum Gasteiger partial charge on any atom is 0.350 e. The zero-order chi connectivity index (χ0) is 28.3. The average Bonchev–Trinajstić information content (AvgIpc) is 3.42. The topological polar surface area (TPSA) is 106 Å². The van der Waals surface area contributed by atoms with Gasteiger partial charge in [0.15, 0.2) is 5.13 Å². The summed E-state index contributed by atoms with van der Waals surface area (Å²) in [5.41, 5.74) is 0.832. The summed E-state index contributed by atoms with van der Waals surface area (Å²) in [6.45, 7) is 10.7. The Morgan fingerprint density at radius 2 is 1.87 bits per heavy atom. The summed E-state index contributed by atoms with van der Waals surface area (Å²) in [5, 5.41) is 11.3. The summed E-state index contributed by atoms with van der Waals surface area (Å²) in [6, 6.07) is 9.05. The average molecular weight is 549 g/mol. The molecule has 1 saturated heterocycles. The van der Waals surface area contributed by atoms with E-state index in [9.17, 15) is 19.5 Å². The van der Waals surface area contributed by atoms with Gasteiger partial charge in [-0.3, -0.25) is 14.5 Å². The Bertz CT molecular complexity index is 1530. The van der Waals surface area contributed by atoms with Crippen LogP contribution in [0.25, 0.3) is 5.76 Å². The van der Waals surface area contributed by atoms with E-state index in [1.165, 1.54) is 30.3 Å². The van der Waals surface area contributed by atoms with Gasteiger partial charge in [0.1, 0.15) is 41.5 Å². The minimum atomic E-state index is -1.34. The number of thiazole rings is 1. The Labute approximate surface area is 228 Å². The molecule has 2 aromatic carbocycles. The molecular formula is C29H25FN2O6S. The van der Waals surface area contributed by atoms with Gasteiger partial charge in [0.05, 0.1) is 11.3 Å². The maximum absolute atomic E-state index is 15.1. The normalized spacial score (nSPS) is 16.3. The predicted molar refractivity (Wildman–Crippen MR) is 145 cm³/mol. The van der Waals surface area contributed by atoms with Crippen molar-refractivity contribution in [3.8, 4) is 5.75 Å². The second kappa shape index (κ2) is 11.4. The van der Waals surface area contributed by atoms with Crippen molar-refractivity contribution < 1.29 is 33.4 Å². The fourth-order valence-corrected chi connectivity index (χ4v) is 5.15. The number of aryl methyl sites for hydroxylation is 2. The van der Waals surface area contributed by atoms with Crippen molar-refractivity contribution >= 4 is 39.9 Å². The molecule has 0 radical (unpaired) electrons. The molecule has 2 heterocycles. The van der Waals surface area contributed by atoms with Crippen LogP contribution in [0, 0.1) is 19.7 Å². The molecule has 1 aliphatic rings. The number of anilines is 1. The van der Waals surface area contributed by atoms with Crippen LogP contribution in [0.3, 0.4) is 0 Å². The smallest absolute Gasteiger partial charge is 0.350 e. The molecule has 1 aromatic heterocycles. The van der Waals surface area contributed by atoms with Gasteiger partial charge in [-0.25, -0.2) is 14.2 Å². The van der Waals surface area contributed by atoms with Crippen LogP contribution < -0.4 is 9.64 Å². The van der Waals surface area contributed by atoms with E-state index in [0.29, 0.717) is 11.3 Å². The quantitative estimate of drug-likeness (QED) is 0.125. The Balaban J connectivity index is 1.87. The number of Topliss-reactive ketones (excluding diaryl/α,β-unsaturated/α-hetero) is 1. The summed E-state index contributed by atoms with van der Waals surface area (Å²) in [5.74, 6) is -3.35. The van der Waals surface area contributed by atoms with Crippen molar-refractivity contribution in [2.24, 2.45) is 0 Å². The number of benzene rings is 2. The predicted octanol–water partition coefficient (Wildman–Crippen LogP) is 5.43. The number of ether oxygens (including phenoxy) is 2. The van der Waals surface area contributed by atoms with Crippen molar-refractivity contribution in [1.82, 2.24) is 4.98 Å². The molecule has 0 aliphatic carbocycles. The number of aromatic nitrogens is 1. The SMILES string of the molecule is C=CCOC(=O)c1sc(N2C(=O)C(=O)C(=C(O)c3ccc(OCC=C)c(C)c3)[C@H]2c2ccccc2F)nc1C. The first-order chi connectivity index (χ1) is 18.7. The number of ketones is 1. The lowest BCUT2D eigenvalue weighted by Gasteiger charge is -2.23. The Hall–Kier alpha value is -4.57. The van der Waals surface area contributed by atoms with Crippen LogP contribution in [0.1, 0.15) is 38.1 Å². The van der Waals surface area contributed by atoms with E-state index < -0.39 is 35.3 Å². The highest BCUT2D eigenvalue weighted by atomic mass is 32.1. The molecule has 1 aliphatic heterocycles. The van der Waals surface area contributed by atoms with Crippen LogP contribution >= 0.6 is 11.3 Å². The number of halogens is 1. The minimum Gasteiger partial charge on any atom is -0.507 e. The minimum absolute atomic E-state index is 0.0168. The highest BCUT2D eigenvalue weighted by Gasteiger charge is 2.49. The fourth-order valence-electron chi connectivity index (χ4n) is 4.16. The third-order valence-electron chi connectivity index (χ3n) is 5.96. The summed E-state index contributed by atoms with van der Waals surface area (Å²) in [6.07, 6.45) is 3.00. The summed E-state index contributed by atoms with van der Waals surface area (Å²) >= 11 is 0.829. The van der Waals surface area contributed by atoms with Gasteiger partial charge in [-0.15, -0.1) is 0 Å². The molecule has 3 aromatic rings. The van der Waals surface area contributed by atoms with Gasteiger partial charge in [-0.05, 0) is 43.7 Å². The van der Waals surface area contributed by atoms with Gasteiger partial charge in [-0.2, -0.15) is 0 Å². The Morgan fingerprint density at radius 1 is 1.15 bits per heavy atom. The summed E-state index contributed by atoms with van der Waals surface area (Å²) in [7, 11) is 0. The zero-order valence-corrected chi connectivity index (χ0v) is 22.1. The molecule has 1 N–H and O–H groups in total. The number of carbonyl (C=O) groups is 3. The van der Waals surface area contributed by atoms with Crippen molar-refractivity contribution in [3.63, 3.8) is 0 Å². The van der Waals surface area contributed by atoms with Crippen LogP contribution in [-0.4, -0.2) is 41.0 Å². The lowest BCUT2D eigenvalue weighted by atomic mass is 9.94. The highest BCUT2D eigenvalue weighted by Crippen LogP contribution is 2.44. The van der Waals surface area contributed by atoms with Crippen LogP contribution in [-0.2, 0) is 14.3 Å². The van der Waals surface area contributed by atoms with Crippen LogP contribution in [0.4, 0.5) is 9.52 Å².